The summed E-state index contributed by atoms with van der Waals surface area (Å²) in [6, 6.07) is 5.37. The van der Waals surface area contributed by atoms with E-state index >= 15 is 0 Å². The molecule has 1 amide bonds. The monoisotopic (exact) mass is 337 g/mol. The zero-order chi connectivity index (χ0) is 17.2. The molecule has 0 aliphatic heterocycles. The van der Waals surface area contributed by atoms with E-state index in [0.29, 0.717) is 12.8 Å². The number of hydrogen-bond acceptors (Lipinski definition) is 2. The van der Waals surface area contributed by atoms with Crippen molar-refractivity contribution in [2.24, 2.45) is 0 Å². The summed E-state index contributed by atoms with van der Waals surface area (Å²) in [4.78, 5) is 16.0. The largest absolute Gasteiger partial charge is 0.416 e. The molecule has 3 rings (SSSR count). The Balaban J connectivity index is 1.75. The number of halogens is 3. The number of imidazole rings is 1. The third-order valence-corrected chi connectivity index (χ3v) is 4.41. The number of nitrogens with one attached hydrogen (secondary N) is 1. The van der Waals surface area contributed by atoms with Crippen LogP contribution in [-0.4, -0.2) is 21.5 Å². The first-order chi connectivity index (χ1) is 11.4. The highest BCUT2D eigenvalue weighted by molar-refractivity contribution is 5.76. The first kappa shape index (κ1) is 16.5. The number of carbonyl (C=O) groups is 1. The second-order valence-electron chi connectivity index (χ2n) is 6.03. The van der Waals surface area contributed by atoms with Crippen molar-refractivity contribution >= 4 is 5.91 Å². The van der Waals surface area contributed by atoms with Gasteiger partial charge in [-0.05, 0) is 24.5 Å². The van der Waals surface area contributed by atoms with Crippen molar-refractivity contribution in [1.29, 1.82) is 0 Å². The van der Waals surface area contributed by atoms with Gasteiger partial charge in [0.15, 0.2) is 0 Å². The van der Waals surface area contributed by atoms with Crippen molar-refractivity contribution in [2.75, 3.05) is 0 Å². The highest BCUT2D eigenvalue weighted by Crippen LogP contribution is 2.41. The second-order valence-corrected chi connectivity index (χ2v) is 6.03. The Morgan fingerprint density at radius 3 is 2.79 bits per heavy atom. The second kappa shape index (κ2) is 6.67. The Labute approximate surface area is 137 Å². The molecule has 1 fully saturated rings. The van der Waals surface area contributed by atoms with E-state index in [2.05, 4.69) is 10.3 Å². The third-order valence-electron chi connectivity index (χ3n) is 4.41. The number of rotatable bonds is 4. The van der Waals surface area contributed by atoms with Crippen LogP contribution in [0.25, 0.3) is 0 Å². The molecule has 4 nitrogen and oxygen atoms in total. The quantitative estimate of drug-likeness (QED) is 0.930. The normalized spacial score (nSPS) is 21.0. The molecule has 128 valence electrons. The molecule has 24 heavy (non-hydrogen) atoms. The van der Waals surface area contributed by atoms with E-state index in [-0.39, 0.29) is 30.0 Å². The molecule has 0 saturated heterocycles. The van der Waals surface area contributed by atoms with Crippen molar-refractivity contribution in [3.05, 3.63) is 54.1 Å². The Morgan fingerprint density at radius 1 is 1.29 bits per heavy atom. The molecule has 1 aromatic heterocycles. The summed E-state index contributed by atoms with van der Waals surface area (Å²) < 4.78 is 41.4. The van der Waals surface area contributed by atoms with Crippen LogP contribution < -0.4 is 5.32 Å². The van der Waals surface area contributed by atoms with Crippen LogP contribution in [0.5, 0.6) is 0 Å². The predicted molar refractivity (Wildman–Crippen MR) is 82.2 cm³/mol. The lowest BCUT2D eigenvalue weighted by atomic mass is 9.89. The molecule has 1 N–H and O–H groups in total. The minimum atomic E-state index is -4.38. The lowest BCUT2D eigenvalue weighted by Gasteiger charge is -2.24. The first-order valence-electron chi connectivity index (χ1n) is 7.86. The Morgan fingerprint density at radius 2 is 2.08 bits per heavy atom. The van der Waals surface area contributed by atoms with Crippen molar-refractivity contribution < 1.29 is 18.0 Å². The van der Waals surface area contributed by atoms with E-state index in [1.807, 2.05) is 0 Å². The van der Waals surface area contributed by atoms with Crippen LogP contribution in [0.1, 0.15) is 36.3 Å². The lowest BCUT2D eigenvalue weighted by molar-refractivity contribution is -0.138. The molecule has 1 heterocycles. The molecular weight excluding hydrogens is 319 g/mol. The number of alkyl halides is 3. The van der Waals surface area contributed by atoms with Crippen molar-refractivity contribution in [1.82, 2.24) is 14.9 Å². The molecule has 1 aliphatic rings. The zero-order valence-electron chi connectivity index (χ0n) is 13.0. The maximum Gasteiger partial charge on any atom is 0.416 e. The molecule has 1 aliphatic carbocycles. The molecule has 1 aromatic carbocycles. The maximum atomic E-state index is 13.2. The molecule has 0 radical (unpaired) electrons. The smallest absolute Gasteiger partial charge is 0.351 e. The summed E-state index contributed by atoms with van der Waals surface area (Å²) in [5.41, 5.74) is -0.332. The standard InChI is InChI=1S/C17H18F3N3O/c18-17(19,20)14-6-2-1-4-12(14)13-5-3-7-15(13)22-16(24)10-23-9-8-21-11-23/h1-2,4,6,8-9,11,13,15H,3,5,7,10H2,(H,22,24)/t13-,15-/m1/s1. The van der Waals surface area contributed by atoms with Crippen LogP contribution in [0.2, 0.25) is 0 Å². The van der Waals surface area contributed by atoms with E-state index < -0.39 is 11.7 Å². The molecule has 1 saturated carbocycles. The van der Waals surface area contributed by atoms with Gasteiger partial charge in [0.25, 0.3) is 0 Å². The summed E-state index contributed by atoms with van der Waals surface area (Å²) in [5.74, 6) is -0.524. The van der Waals surface area contributed by atoms with Crippen LogP contribution in [0.15, 0.2) is 43.0 Å². The molecule has 7 heteroatoms. The summed E-state index contributed by atoms with van der Waals surface area (Å²) in [5, 5.41) is 2.89. The van der Waals surface area contributed by atoms with Gasteiger partial charge in [0.2, 0.25) is 5.91 Å². The van der Waals surface area contributed by atoms with Crippen molar-refractivity contribution in [3.63, 3.8) is 0 Å². The van der Waals surface area contributed by atoms with Gasteiger partial charge in [-0.25, -0.2) is 4.98 Å². The van der Waals surface area contributed by atoms with Gasteiger partial charge in [0.05, 0.1) is 11.9 Å². The average molecular weight is 337 g/mol. The fraction of sp³-hybridized carbons (Fsp3) is 0.412. The molecule has 0 bridgehead atoms. The summed E-state index contributed by atoms with van der Waals surface area (Å²) in [6.45, 7) is 0.115. The summed E-state index contributed by atoms with van der Waals surface area (Å²) in [7, 11) is 0. The van der Waals surface area contributed by atoms with Crippen LogP contribution >= 0.6 is 0 Å². The Bertz CT molecular complexity index is 697. The van der Waals surface area contributed by atoms with Crippen LogP contribution in [0.3, 0.4) is 0 Å². The predicted octanol–water partition coefficient (Wildman–Crippen LogP) is 3.35. The first-order valence-corrected chi connectivity index (χ1v) is 7.86. The van der Waals surface area contributed by atoms with Crippen LogP contribution in [-0.2, 0) is 17.5 Å². The molecule has 2 atom stereocenters. The van der Waals surface area contributed by atoms with E-state index in [0.717, 1.165) is 12.5 Å². The minimum Gasteiger partial charge on any atom is -0.351 e. The van der Waals surface area contributed by atoms with Gasteiger partial charge in [-0.15, -0.1) is 0 Å². The van der Waals surface area contributed by atoms with E-state index in [1.165, 1.54) is 18.5 Å². The van der Waals surface area contributed by atoms with Gasteiger partial charge >= 0.3 is 6.18 Å². The Kier molecular flexibility index (Phi) is 4.59. The van der Waals surface area contributed by atoms with Crippen LogP contribution in [0, 0.1) is 0 Å². The van der Waals surface area contributed by atoms with E-state index in [1.54, 1.807) is 23.0 Å². The molecular formula is C17H18F3N3O. The number of benzene rings is 1. The highest BCUT2D eigenvalue weighted by atomic mass is 19.4. The summed E-state index contributed by atoms with van der Waals surface area (Å²) in [6.07, 6.45) is 2.52. The lowest BCUT2D eigenvalue weighted by Crippen LogP contribution is -2.38. The van der Waals surface area contributed by atoms with Crippen molar-refractivity contribution in [2.45, 2.75) is 43.9 Å². The number of carbonyl (C=O) groups excluding carboxylic acids is 1. The fourth-order valence-electron chi connectivity index (χ4n) is 3.38. The van der Waals surface area contributed by atoms with Gasteiger partial charge in [-0.2, -0.15) is 13.2 Å². The van der Waals surface area contributed by atoms with E-state index in [4.69, 9.17) is 0 Å². The topological polar surface area (TPSA) is 46.9 Å². The number of aromatic nitrogens is 2. The van der Waals surface area contributed by atoms with Crippen molar-refractivity contribution in [3.8, 4) is 0 Å². The van der Waals surface area contributed by atoms with Gasteiger partial charge in [-0.1, -0.05) is 24.6 Å². The summed E-state index contributed by atoms with van der Waals surface area (Å²) >= 11 is 0. The number of nitrogens with zero attached hydrogens (tertiary/aromatic N) is 2. The fourth-order valence-corrected chi connectivity index (χ4v) is 3.38. The zero-order valence-corrected chi connectivity index (χ0v) is 13.0. The maximum absolute atomic E-state index is 13.2. The van der Waals surface area contributed by atoms with E-state index in [9.17, 15) is 18.0 Å². The van der Waals surface area contributed by atoms with Gasteiger partial charge in [0.1, 0.15) is 6.54 Å². The molecule has 2 aromatic rings. The SMILES string of the molecule is O=C(Cn1ccnc1)N[C@@H]1CCC[C@@H]1c1ccccc1C(F)(F)F. The van der Waals surface area contributed by atoms with Gasteiger partial charge in [-0.3, -0.25) is 4.79 Å². The van der Waals surface area contributed by atoms with Gasteiger partial charge in [0, 0.05) is 24.4 Å². The molecule has 0 spiro atoms. The van der Waals surface area contributed by atoms with Crippen LogP contribution in [0.4, 0.5) is 13.2 Å². The highest BCUT2D eigenvalue weighted by Gasteiger charge is 2.38. The van der Waals surface area contributed by atoms with Gasteiger partial charge < -0.3 is 9.88 Å². The number of amides is 1. The average Bonchev–Trinajstić information content (AvgIpc) is 3.18. The minimum absolute atomic E-state index is 0.115. The number of hydrogen-bond donors (Lipinski definition) is 1. The molecule has 0 unspecified atom stereocenters. The Hall–Kier alpha value is -2.31. The third kappa shape index (κ3) is 3.60.